The molecule has 2 rings (SSSR count). The van der Waals surface area contributed by atoms with Crippen molar-refractivity contribution in [2.45, 2.75) is 13.0 Å². The Morgan fingerprint density at radius 1 is 1.27 bits per heavy atom. The number of carbonyl (C=O) groups excluding carboxylic acids is 1. The third-order valence-corrected chi connectivity index (χ3v) is 3.12. The van der Waals surface area contributed by atoms with E-state index in [1.807, 2.05) is 0 Å². The molecule has 2 N–H and O–H groups in total. The molecule has 2 aromatic rings. The molecule has 1 aromatic heterocycles. The molecular weight excluding hydrogens is 344 g/mol. The summed E-state index contributed by atoms with van der Waals surface area (Å²) in [5.41, 5.74) is 5.00. The quantitative estimate of drug-likeness (QED) is 0.464. The first-order chi connectivity index (χ1) is 12.5. The monoisotopic (exact) mass is 361 g/mol. The van der Waals surface area contributed by atoms with Gasteiger partial charge in [-0.3, -0.25) is 0 Å². The highest BCUT2D eigenvalue weighted by atomic mass is 19.3. The fraction of sp³-hybridized carbons (Fsp3) is 0.167. The van der Waals surface area contributed by atoms with Crippen LogP contribution in [0.1, 0.15) is 12.5 Å². The minimum absolute atomic E-state index is 0.0433. The lowest BCUT2D eigenvalue weighted by molar-refractivity contribution is -0.185. The van der Waals surface area contributed by atoms with Gasteiger partial charge in [0.2, 0.25) is 0 Å². The van der Waals surface area contributed by atoms with Crippen molar-refractivity contribution in [3.63, 3.8) is 0 Å². The molecule has 0 unspecified atom stereocenters. The van der Waals surface area contributed by atoms with Crippen LogP contribution in [0.25, 0.3) is 0 Å². The lowest BCUT2D eigenvalue weighted by atomic mass is 10.2. The smallest absolute Gasteiger partial charge is 0.426 e. The summed E-state index contributed by atoms with van der Waals surface area (Å²) >= 11 is 0. The van der Waals surface area contributed by atoms with Gasteiger partial charge in [-0.2, -0.15) is 8.78 Å². The standard InChI is InChI=1S/C18H17F2N3O3/c1-2-25-17(24)13(11-21)12-23-16-15(9-6-10-22-16)26-18(19,20)14-7-4-3-5-8-14/h3-12H,2,21H2,1H3/b13-11+,23-12+. The number of rotatable bonds is 7. The lowest BCUT2D eigenvalue weighted by Gasteiger charge is -2.18. The molecule has 136 valence electrons. The summed E-state index contributed by atoms with van der Waals surface area (Å²) < 4.78 is 38.2. The van der Waals surface area contributed by atoms with Crippen molar-refractivity contribution in [3.8, 4) is 5.75 Å². The molecule has 1 heterocycles. The molecule has 1 aromatic carbocycles. The number of ether oxygens (including phenoxy) is 2. The third-order valence-electron chi connectivity index (χ3n) is 3.12. The van der Waals surface area contributed by atoms with Crippen molar-refractivity contribution in [2.24, 2.45) is 10.7 Å². The number of aromatic nitrogens is 1. The number of benzene rings is 1. The molecule has 0 spiro atoms. The van der Waals surface area contributed by atoms with Crippen LogP contribution in [0.4, 0.5) is 14.6 Å². The summed E-state index contributed by atoms with van der Waals surface area (Å²) in [4.78, 5) is 19.5. The zero-order valence-electron chi connectivity index (χ0n) is 13.9. The Bertz CT molecular complexity index is 808. The molecule has 0 saturated carbocycles. The number of nitrogens with zero attached hydrogens (tertiary/aromatic N) is 2. The molecule has 0 saturated heterocycles. The van der Waals surface area contributed by atoms with Gasteiger partial charge >= 0.3 is 12.1 Å². The van der Waals surface area contributed by atoms with Crippen LogP contribution < -0.4 is 10.5 Å². The predicted octanol–water partition coefficient (Wildman–Crippen LogP) is 3.32. The summed E-state index contributed by atoms with van der Waals surface area (Å²) in [7, 11) is 0. The number of hydrogen-bond donors (Lipinski definition) is 1. The molecule has 0 radical (unpaired) electrons. The number of alkyl halides is 2. The van der Waals surface area contributed by atoms with Gasteiger partial charge in [0.15, 0.2) is 11.6 Å². The molecule has 0 aliphatic carbocycles. The zero-order chi connectivity index (χ0) is 19.0. The molecule has 0 fully saturated rings. The molecule has 0 aliphatic heterocycles. The largest absolute Gasteiger partial charge is 0.462 e. The van der Waals surface area contributed by atoms with Crippen molar-refractivity contribution >= 4 is 18.0 Å². The second kappa shape index (κ2) is 8.70. The van der Waals surface area contributed by atoms with Gasteiger partial charge in [-0.05, 0) is 31.2 Å². The van der Waals surface area contributed by atoms with Crippen molar-refractivity contribution < 1.29 is 23.0 Å². The van der Waals surface area contributed by atoms with E-state index in [9.17, 15) is 13.6 Å². The van der Waals surface area contributed by atoms with Crippen LogP contribution in [-0.4, -0.2) is 23.8 Å². The van der Waals surface area contributed by atoms with Crippen LogP contribution in [0.5, 0.6) is 5.75 Å². The van der Waals surface area contributed by atoms with Crippen LogP contribution in [0, 0.1) is 0 Å². The zero-order valence-corrected chi connectivity index (χ0v) is 13.9. The van der Waals surface area contributed by atoms with Gasteiger partial charge in [0, 0.05) is 18.6 Å². The van der Waals surface area contributed by atoms with Gasteiger partial charge in [-0.15, -0.1) is 0 Å². The number of nitrogens with two attached hydrogens (primary N) is 1. The summed E-state index contributed by atoms with van der Waals surface area (Å²) in [5, 5.41) is 0. The van der Waals surface area contributed by atoms with E-state index in [2.05, 4.69) is 9.98 Å². The van der Waals surface area contributed by atoms with E-state index in [4.69, 9.17) is 15.2 Å². The second-order valence-electron chi connectivity index (χ2n) is 4.91. The molecule has 26 heavy (non-hydrogen) atoms. The Morgan fingerprint density at radius 3 is 2.65 bits per heavy atom. The van der Waals surface area contributed by atoms with E-state index in [0.717, 1.165) is 12.4 Å². The molecule has 8 heteroatoms. The summed E-state index contributed by atoms with van der Waals surface area (Å²) in [5.74, 6) is -1.07. The Kier molecular flexibility index (Phi) is 6.37. The maximum Gasteiger partial charge on any atom is 0.426 e. The minimum Gasteiger partial charge on any atom is -0.462 e. The van der Waals surface area contributed by atoms with E-state index in [1.165, 1.54) is 42.6 Å². The first kappa shape index (κ1) is 19.0. The normalized spacial score (nSPS) is 12.2. The average molecular weight is 361 g/mol. The van der Waals surface area contributed by atoms with Crippen LogP contribution in [0.15, 0.2) is 65.4 Å². The van der Waals surface area contributed by atoms with Crippen LogP contribution >= 0.6 is 0 Å². The fourth-order valence-electron chi connectivity index (χ4n) is 1.90. The SMILES string of the molecule is CCOC(=O)C(/C=N/c1ncccc1OC(F)(F)c1ccccc1)=C/N. The van der Waals surface area contributed by atoms with Crippen LogP contribution in [-0.2, 0) is 15.6 Å². The van der Waals surface area contributed by atoms with E-state index in [-0.39, 0.29) is 29.3 Å². The molecule has 0 amide bonds. The fourth-order valence-corrected chi connectivity index (χ4v) is 1.90. The summed E-state index contributed by atoms with van der Waals surface area (Å²) in [6.45, 7) is 1.80. The number of carbonyl (C=O) groups is 1. The molecule has 0 atom stereocenters. The third kappa shape index (κ3) is 4.85. The summed E-state index contributed by atoms with van der Waals surface area (Å²) in [6.07, 6.45) is -0.143. The number of hydrogen-bond acceptors (Lipinski definition) is 6. The Hall–Kier alpha value is -3.29. The van der Waals surface area contributed by atoms with Crippen molar-refractivity contribution in [1.29, 1.82) is 0 Å². The topological polar surface area (TPSA) is 86.8 Å². The number of esters is 1. The van der Waals surface area contributed by atoms with Gasteiger partial charge in [0.25, 0.3) is 0 Å². The minimum atomic E-state index is -3.58. The number of aliphatic imine (C=N–C) groups is 1. The van der Waals surface area contributed by atoms with E-state index < -0.39 is 12.1 Å². The highest BCUT2D eigenvalue weighted by Gasteiger charge is 2.35. The van der Waals surface area contributed by atoms with Crippen molar-refractivity contribution in [1.82, 2.24) is 4.98 Å². The maximum absolute atomic E-state index is 14.3. The second-order valence-corrected chi connectivity index (χ2v) is 4.91. The average Bonchev–Trinajstić information content (AvgIpc) is 2.64. The number of pyridine rings is 1. The molecule has 6 nitrogen and oxygen atoms in total. The van der Waals surface area contributed by atoms with Gasteiger partial charge < -0.3 is 15.2 Å². The maximum atomic E-state index is 14.3. The summed E-state index contributed by atoms with van der Waals surface area (Å²) in [6, 6.07) is 9.80. The lowest BCUT2D eigenvalue weighted by Crippen LogP contribution is -2.21. The molecule has 0 aliphatic rings. The first-order valence-corrected chi connectivity index (χ1v) is 7.68. The van der Waals surface area contributed by atoms with Crippen molar-refractivity contribution in [3.05, 3.63) is 66.0 Å². The predicted molar refractivity (Wildman–Crippen MR) is 92.3 cm³/mol. The Balaban J connectivity index is 2.25. The first-order valence-electron chi connectivity index (χ1n) is 7.68. The van der Waals surface area contributed by atoms with Gasteiger partial charge in [0.05, 0.1) is 17.7 Å². The van der Waals surface area contributed by atoms with E-state index in [0.29, 0.717) is 0 Å². The highest BCUT2D eigenvalue weighted by Crippen LogP contribution is 2.35. The van der Waals surface area contributed by atoms with Crippen LogP contribution in [0.2, 0.25) is 0 Å². The molecular formula is C18H17F2N3O3. The van der Waals surface area contributed by atoms with Gasteiger partial charge in [-0.1, -0.05) is 18.2 Å². The Morgan fingerprint density at radius 2 is 2.00 bits per heavy atom. The molecule has 0 bridgehead atoms. The number of halogens is 2. The van der Waals surface area contributed by atoms with Gasteiger partial charge in [-0.25, -0.2) is 14.8 Å². The van der Waals surface area contributed by atoms with Crippen LogP contribution in [0.3, 0.4) is 0 Å². The van der Waals surface area contributed by atoms with E-state index >= 15 is 0 Å². The van der Waals surface area contributed by atoms with Gasteiger partial charge in [0.1, 0.15) is 0 Å². The Labute approximate surface area is 149 Å². The highest BCUT2D eigenvalue weighted by molar-refractivity contribution is 6.09. The van der Waals surface area contributed by atoms with E-state index in [1.54, 1.807) is 13.0 Å². The van der Waals surface area contributed by atoms with Crippen molar-refractivity contribution in [2.75, 3.05) is 6.61 Å².